The lowest BCUT2D eigenvalue weighted by Gasteiger charge is -2.38. The third-order valence-corrected chi connectivity index (χ3v) is 9.91. The molecule has 1 aromatic carbocycles. The lowest BCUT2D eigenvalue weighted by Crippen LogP contribution is -2.46. The van der Waals surface area contributed by atoms with Gasteiger partial charge in [-0.15, -0.1) is 11.3 Å². The zero-order valence-corrected chi connectivity index (χ0v) is 28.5. The van der Waals surface area contributed by atoms with Gasteiger partial charge in [0.2, 0.25) is 0 Å². The molecule has 5 aromatic rings. The summed E-state index contributed by atoms with van der Waals surface area (Å²) in [6.45, 7) is 3.28. The Morgan fingerprint density at radius 3 is 2.67 bits per heavy atom. The summed E-state index contributed by atoms with van der Waals surface area (Å²) in [5.74, 6) is 3.67. The number of carbonyl (C=O) groups excluding carboxylic acids is 1. The van der Waals surface area contributed by atoms with E-state index < -0.39 is 17.4 Å². The second-order valence-corrected chi connectivity index (χ2v) is 13.4. The third kappa shape index (κ3) is 6.83. The predicted octanol–water partition coefficient (Wildman–Crippen LogP) is 5.61. The molecule has 14 heteroatoms. The van der Waals surface area contributed by atoms with E-state index >= 15 is 0 Å². The Morgan fingerprint density at radius 1 is 1.22 bits per heavy atom. The van der Waals surface area contributed by atoms with E-state index in [1.54, 1.807) is 48.6 Å². The van der Waals surface area contributed by atoms with Crippen molar-refractivity contribution in [2.24, 2.45) is 5.73 Å². The van der Waals surface area contributed by atoms with E-state index in [2.05, 4.69) is 32.9 Å². The minimum atomic E-state index is -2.77. The molecule has 0 radical (unpaired) electrons. The number of amides is 1. The average Bonchev–Trinajstić information content (AvgIpc) is 3.50. The highest BCUT2D eigenvalue weighted by atomic mass is 35.5. The van der Waals surface area contributed by atoms with Gasteiger partial charge in [0.25, 0.3) is 17.4 Å². The number of carbonyl (C=O) groups is 1. The molecule has 1 aliphatic rings. The van der Waals surface area contributed by atoms with Gasteiger partial charge < -0.3 is 10.6 Å². The molecule has 1 aliphatic heterocycles. The van der Waals surface area contributed by atoms with Crippen LogP contribution < -0.4 is 16.2 Å². The molecule has 0 spiro atoms. The van der Waals surface area contributed by atoms with Gasteiger partial charge >= 0.3 is 0 Å². The summed E-state index contributed by atoms with van der Waals surface area (Å²) in [5, 5.41) is 12.6. The van der Waals surface area contributed by atoms with Crippen LogP contribution in [0.2, 0.25) is 5.02 Å². The molecule has 6 rings (SSSR count). The van der Waals surface area contributed by atoms with E-state index in [0.717, 1.165) is 22.8 Å². The van der Waals surface area contributed by atoms with Crippen LogP contribution in [-0.4, -0.2) is 69.0 Å². The van der Waals surface area contributed by atoms with Crippen molar-refractivity contribution < 1.29 is 13.6 Å². The highest BCUT2D eigenvalue weighted by Crippen LogP contribution is 2.36. The number of anilines is 1. The lowest BCUT2D eigenvalue weighted by molar-refractivity contribution is -0.0198. The van der Waals surface area contributed by atoms with Crippen LogP contribution in [0.3, 0.4) is 0 Å². The Morgan fingerprint density at radius 2 is 1.98 bits per heavy atom. The molecule has 0 atom stereocenters. The van der Waals surface area contributed by atoms with Crippen molar-refractivity contribution in [3.05, 3.63) is 79.9 Å². The quantitative estimate of drug-likeness (QED) is 0.217. The maximum absolute atomic E-state index is 14.0. The van der Waals surface area contributed by atoms with Crippen LogP contribution in [-0.2, 0) is 6.54 Å². The number of aromatic nitrogens is 4. The number of nitrogens with zero attached hydrogens (tertiary/aromatic N) is 7. The Kier molecular flexibility index (Phi) is 9.36. The first kappa shape index (κ1) is 33.9. The second kappa shape index (κ2) is 13.5. The van der Waals surface area contributed by atoms with Crippen molar-refractivity contribution in [1.29, 1.82) is 5.26 Å². The molecular weight excluding hydrogens is 670 g/mol. The number of pyridine rings is 2. The van der Waals surface area contributed by atoms with E-state index in [4.69, 9.17) is 17.3 Å². The number of primary amides is 1. The number of fused-ring (bicyclic) bond motifs is 2. The number of benzene rings is 1. The fourth-order valence-electron chi connectivity index (χ4n) is 6.28. The average molecular weight is 701 g/mol. The topological polar surface area (TPSA) is 134 Å². The van der Waals surface area contributed by atoms with Crippen molar-refractivity contribution in [3.8, 4) is 29.0 Å². The summed E-state index contributed by atoms with van der Waals surface area (Å²) < 4.78 is 29.3. The Balaban J connectivity index is 1.32. The summed E-state index contributed by atoms with van der Waals surface area (Å²) >= 11 is 7.74. The maximum Gasteiger partial charge on any atom is 0.263 e. The van der Waals surface area contributed by atoms with Gasteiger partial charge in [0.05, 0.1) is 46.0 Å². The SMILES string of the molecule is Cc1nc2cnc(N(C)C3CCN(CC(C)(F)F)CC3)c(C#N)c2c(=O)n1CC#Cc1ccc(Cl)cc1-c1ccnc2c(C(N)=O)csc12. The van der Waals surface area contributed by atoms with Gasteiger partial charge in [0.1, 0.15) is 23.3 Å². The first-order valence-electron chi connectivity index (χ1n) is 15.4. The van der Waals surface area contributed by atoms with Gasteiger partial charge in [-0.25, -0.2) is 18.7 Å². The zero-order chi connectivity index (χ0) is 35.0. The molecule has 1 fully saturated rings. The largest absolute Gasteiger partial charge is 0.366 e. The summed E-state index contributed by atoms with van der Waals surface area (Å²) in [7, 11) is 1.81. The van der Waals surface area contributed by atoms with Crippen molar-refractivity contribution in [2.75, 3.05) is 31.6 Å². The number of aryl methyl sites for hydroxylation is 1. The number of nitriles is 1. The van der Waals surface area contributed by atoms with Crippen molar-refractivity contribution in [3.63, 3.8) is 0 Å². The number of nitrogens with two attached hydrogens (primary N) is 1. The summed E-state index contributed by atoms with van der Waals surface area (Å²) in [5.41, 5.74) is 8.52. The van der Waals surface area contributed by atoms with Crippen LogP contribution in [0.15, 0.2) is 46.8 Å². The van der Waals surface area contributed by atoms with Gasteiger partial charge in [-0.3, -0.25) is 24.0 Å². The van der Waals surface area contributed by atoms with Crippen LogP contribution >= 0.6 is 22.9 Å². The Bertz CT molecular complexity index is 2270. The number of alkyl halides is 2. The molecule has 1 saturated heterocycles. The Labute approximate surface area is 289 Å². The van der Waals surface area contributed by atoms with E-state index in [1.165, 1.54) is 22.1 Å². The van der Waals surface area contributed by atoms with Gasteiger partial charge in [0, 0.05) is 66.4 Å². The van der Waals surface area contributed by atoms with E-state index in [9.17, 15) is 23.6 Å². The monoisotopic (exact) mass is 700 g/mol. The highest BCUT2D eigenvalue weighted by Gasteiger charge is 2.31. The molecule has 1 amide bonds. The van der Waals surface area contributed by atoms with Crippen molar-refractivity contribution in [1.82, 2.24) is 24.4 Å². The molecular formula is C35H31ClF2N8O2S. The second-order valence-electron chi connectivity index (χ2n) is 12.1. The molecule has 0 aliphatic carbocycles. The number of hydrogen-bond donors (Lipinski definition) is 1. The molecule has 49 heavy (non-hydrogen) atoms. The molecule has 4 aromatic heterocycles. The highest BCUT2D eigenvalue weighted by molar-refractivity contribution is 7.18. The smallest absolute Gasteiger partial charge is 0.263 e. The van der Waals surface area contributed by atoms with Gasteiger partial charge in [0.15, 0.2) is 0 Å². The molecule has 0 unspecified atom stereocenters. The number of likely N-dealkylation sites (tertiary alicyclic amines) is 1. The van der Waals surface area contributed by atoms with Gasteiger partial charge in [-0.1, -0.05) is 23.4 Å². The summed E-state index contributed by atoms with van der Waals surface area (Å²) in [6, 6.07) is 9.24. The minimum Gasteiger partial charge on any atom is -0.366 e. The summed E-state index contributed by atoms with van der Waals surface area (Å²) in [4.78, 5) is 42.9. The maximum atomic E-state index is 14.0. The van der Waals surface area contributed by atoms with Crippen LogP contribution in [0.1, 0.15) is 47.1 Å². The fraction of sp³-hybridized carbons (Fsp3) is 0.314. The predicted molar refractivity (Wildman–Crippen MR) is 187 cm³/mol. The normalized spacial score (nSPS) is 14.1. The fourth-order valence-corrected chi connectivity index (χ4v) is 7.50. The lowest BCUT2D eigenvalue weighted by atomic mass is 10.00. The Hall–Kier alpha value is -4.95. The zero-order valence-electron chi connectivity index (χ0n) is 26.9. The molecule has 2 N–H and O–H groups in total. The van der Waals surface area contributed by atoms with Gasteiger partial charge in [-0.05, 0) is 44.0 Å². The standard InChI is InChI=1S/C35H31ClF2N8O2S/c1-20-43-28-17-42-33(44(3)23-9-13-45(14-10-23)19-35(2,37)38)26(16-39)29(28)34(48)46(20)12-4-5-21-6-7-22(36)15-25(21)24-8-11-41-30-27(32(40)47)18-49-31(24)30/h6-8,11,15,17-18,23H,9-10,12-14,19H2,1-3H3,(H2,40,47). The van der Waals surface area contributed by atoms with Crippen LogP contribution in [0, 0.1) is 30.1 Å². The molecule has 250 valence electrons. The van der Waals surface area contributed by atoms with E-state index in [-0.39, 0.29) is 30.1 Å². The minimum absolute atomic E-state index is 0.00879. The van der Waals surface area contributed by atoms with E-state index in [1.807, 2.05) is 11.0 Å². The molecule has 0 saturated carbocycles. The first-order valence-corrected chi connectivity index (χ1v) is 16.7. The summed E-state index contributed by atoms with van der Waals surface area (Å²) in [6.07, 6.45) is 4.31. The number of piperidine rings is 1. The molecule has 5 heterocycles. The van der Waals surface area contributed by atoms with Crippen LogP contribution in [0.25, 0.3) is 32.2 Å². The van der Waals surface area contributed by atoms with Crippen molar-refractivity contribution >= 4 is 55.8 Å². The van der Waals surface area contributed by atoms with Crippen molar-refractivity contribution in [2.45, 2.75) is 45.2 Å². The van der Waals surface area contributed by atoms with E-state index in [0.29, 0.717) is 64.8 Å². The first-order chi connectivity index (χ1) is 23.4. The number of rotatable bonds is 7. The van der Waals surface area contributed by atoms with Crippen LogP contribution in [0.4, 0.5) is 14.6 Å². The third-order valence-electron chi connectivity index (χ3n) is 8.67. The van der Waals surface area contributed by atoms with Crippen LogP contribution in [0.5, 0.6) is 0 Å². The number of halogens is 3. The number of thiophene rings is 1. The number of hydrogen-bond acceptors (Lipinski definition) is 9. The molecule has 10 nitrogen and oxygen atoms in total. The van der Waals surface area contributed by atoms with Gasteiger partial charge in [-0.2, -0.15) is 5.26 Å². The molecule has 0 bridgehead atoms.